The van der Waals surface area contributed by atoms with E-state index < -0.39 is 0 Å². The van der Waals surface area contributed by atoms with Crippen LogP contribution in [0, 0.1) is 29.1 Å². The molecule has 3 aliphatic rings. The molecule has 1 aromatic rings. The van der Waals surface area contributed by atoms with Crippen molar-refractivity contribution in [2.45, 2.75) is 32.2 Å². The van der Waals surface area contributed by atoms with E-state index in [9.17, 15) is 0 Å². The van der Waals surface area contributed by atoms with Gasteiger partial charge in [-0.1, -0.05) is 18.6 Å². The van der Waals surface area contributed by atoms with E-state index in [4.69, 9.17) is 10.00 Å². The predicted octanol–water partition coefficient (Wildman–Crippen LogP) is 3.13. The minimum absolute atomic E-state index is 0.766. The first-order valence-corrected chi connectivity index (χ1v) is 10.3. The number of ether oxygens (including phenoxy) is 1. The summed E-state index contributed by atoms with van der Waals surface area (Å²) in [4.78, 5) is 5.14. The van der Waals surface area contributed by atoms with Gasteiger partial charge in [0.15, 0.2) is 0 Å². The van der Waals surface area contributed by atoms with Crippen LogP contribution in [0.25, 0.3) is 0 Å². The largest absolute Gasteiger partial charge is 0.381 e. The number of hydrogen-bond donors (Lipinski definition) is 0. The quantitative estimate of drug-likeness (QED) is 0.673. The van der Waals surface area contributed by atoms with Gasteiger partial charge in [0, 0.05) is 32.8 Å². The van der Waals surface area contributed by atoms with Gasteiger partial charge in [0.2, 0.25) is 0 Å². The molecule has 0 spiro atoms. The number of likely N-dealkylation sites (tertiary alicyclic amines) is 2. The first kappa shape index (κ1) is 18.0. The summed E-state index contributed by atoms with van der Waals surface area (Å²) >= 11 is 0. The second-order valence-corrected chi connectivity index (χ2v) is 8.33. The number of nitriles is 1. The third-order valence-electron chi connectivity index (χ3n) is 6.43. The number of hydrogen-bond acceptors (Lipinski definition) is 4. The number of fused-ring (bicyclic) bond motifs is 1. The van der Waals surface area contributed by atoms with Crippen LogP contribution in [-0.2, 0) is 11.3 Å². The molecule has 4 heteroatoms. The summed E-state index contributed by atoms with van der Waals surface area (Å²) in [7, 11) is 0. The molecular formula is C22H31N3O. The number of benzene rings is 1. The zero-order valence-corrected chi connectivity index (χ0v) is 15.8. The van der Waals surface area contributed by atoms with Gasteiger partial charge in [-0.3, -0.25) is 4.90 Å². The molecule has 0 amide bonds. The molecule has 0 N–H and O–H groups in total. The van der Waals surface area contributed by atoms with Crippen LogP contribution in [0.3, 0.4) is 0 Å². The molecule has 4 nitrogen and oxygen atoms in total. The van der Waals surface area contributed by atoms with Gasteiger partial charge in [-0.15, -0.1) is 0 Å². The van der Waals surface area contributed by atoms with Crippen molar-refractivity contribution < 1.29 is 4.74 Å². The molecular weight excluding hydrogens is 322 g/mol. The molecule has 3 atom stereocenters. The van der Waals surface area contributed by atoms with E-state index in [2.05, 4.69) is 21.9 Å². The molecule has 1 aromatic carbocycles. The second-order valence-electron chi connectivity index (χ2n) is 8.33. The van der Waals surface area contributed by atoms with E-state index in [-0.39, 0.29) is 0 Å². The minimum Gasteiger partial charge on any atom is -0.381 e. The van der Waals surface area contributed by atoms with Crippen LogP contribution in [0.1, 0.15) is 36.8 Å². The normalized spacial score (nSPS) is 28.7. The van der Waals surface area contributed by atoms with Gasteiger partial charge < -0.3 is 9.64 Å². The lowest BCUT2D eigenvalue weighted by molar-refractivity contribution is 0.0967. The first-order valence-electron chi connectivity index (χ1n) is 10.3. The highest BCUT2D eigenvalue weighted by molar-refractivity contribution is 5.32. The van der Waals surface area contributed by atoms with Gasteiger partial charge in [0.25, 0.3) is 0 Å². The molecule has 2 unspecified atom stereocenters. The fourth-order valence-corrected chi connectivity index (χ4v) is 4.90. The Morgan fingerprint density at radius 1 is 1.08 bits per heavy atom. The maximum absolute atomic E-state index is 9.02. The molecule has 2 aliphatic heterocycles. The van der Waals surface area contributed by atoms with Crippen molar-refractivity contribution in [2.24, 2.45) is 17.8 Å². The predicted molar refractivity (Wildman–Crippen MR) is 103 cm³/mol. The SMILES string of the molecule is N#Cc1cccc(CN2CC3C(COCCCN4CCCCC4)[C@@H]3C2)c1. The Hall–Kier alpha value is -1.41. The lowest BCUT2D eigenvalue weighted by atomic mass is 10.1. The van der Waals surface area contributed by atoms with E-state index in [1.54, 1.807) is 0 Å². The summed E-state index contributed by atoms with van der Waals surface area (Å²) in [6.45, 7) is 9.06. The average Bonchev–Trinajstić information content (AvgIpc) is 3.13. The fraction of sp³-hybridized carbons (Fsp3) is 0.682. The zero-order valence-electron chi connectivity index (χ0n) is 15.8. The van der Waals surface area contributed by atoms with Crippen molar-refractivity contribution in [2.75, 3.05) is 45.9 Å². The molecule has 0 aromatic heterocycles. The van der Waals surface area contributed by atoms with Crippen LogP contribution in [0.2, 0.25) is 0 Å². The lowest BCUT2D eigenvalue weighted by Crippen LogP contribution is -2.31. The average molecular weight is 354 g/mol. The van der Waals surface area contributed by atoms with Crippen LogP contribution in [0.4, 0.5) is 0 Å². The van der Waals surface area contributed by atoms with Crippen molar-refractivity contribution >= 4 is 0 Å². The summed E-state index contributed by atoms with van der Waals surface area (Å²) in [5.41, 5.74) is 2.03. The maximum Gasteiger partial charge on any atom is 0.0991 e. The number of piperidine rings is 2. The summed E-state index contributed by atoms with van der Waals surface area (Å²) < 4.78 is 5.99. The van der Waals surface area contributed by atoms with E-state index in [0.29, 0.717) is 0 Å². The van der Waals surface area contributed by atoms with Gasteiger partial charge in [-0.2, -0.15) is 5.26 Å². The summed E-state index contributed by atoms with van der Waals surface area (Å²) in [5.74, 6) is 2.49. The summed E-state index contributed by atoms with van der Waals surface area (Å²) in [5, 5.41) is 9.02. The molecule has 26 heavy (non-hydrogen) atoms. The third-order valence-corrected chi connectivity index (χ3v) is 6.43. The van der Waals surface area contributed by atoms with Crippen LogP contribution in [-0.4, -0.2) is 55.7 Å². The lowest BCUT2D eigenvalue weighted by Gasteiger charge is -2.26. The Bertz CT molecular complexity index is 623. The first-order chi connectivity index (χ1) is 12.8. The Labute approximate surface area is 157 Å². The maximum atomic E-state index is 9.02. The monoisotopic (exact) mass is 353 g/mol. The summed E-state index contributed by atoms with van der Waals surface area (Å²) in [6.07, 6.45) is 5.36. The van der Waals surface area contributed by atoms with Crippen LogP contribution >= 0.6 is 0 Å². The van der Waals surface area contributed by atoms with E-state index >= 15 is 0 Å². The van der Waals surface area contributed by atoms with Gasteiger partial charge in [0.1, 0.15) is 0 Å². The fourth-order valence-electron chi connectivity index (χ4n) is 4.90. The zero-order chi connectivity index (χ0) is 17.8. The van der Waals surface area contributed by atoms with Crippen molar-refractivity contribution in [3.8, 4) is 6.07 Å². The number of nitrogens with zero attached hydrogens (tertiary/aromatic N) is 3. The number of rotatable bonds is 8. The smallest absolute Gasteiger partial charge is 0.0991 e. The highest BCUT2D eigenvalue weighted by atomic mass is 16.5. The molecule has 0 bridgehead atoms. The molecule has 1 aliphatic carbocycles. The molecule has 1 saturated carbocycles. The molecule has 140 valence electrons. The highest BCUT2D eigenvalue weighted by Gasteiger charge is 2.55. The van der Waals surface area contributed by atoms with Crippen molar-refractivity contribution in [1.82, 2.24) is 9.80 Å². The molecule has 4 rings (SSSR count). The van der Waals surface area contributed by atoms with Crippen LogP contribution in [0.15, 0.2) is 24.3 Å². The van der Waals surface area contributed by atoms with Crippen molar-refractivity contribution in [1.29, 1.82) is 5.26 Å². The van der Waals surface area contributed by atoms with Gasteiger partial charge >= 0.3 is 0 Å². The standard InChI is InChI=1S/C22H31N3O/c23-13-18-6-4-7-19(12-18)14-25-15-20-21(16-25)22(20)17-26-11-5-10-24-8-2-1-3-9-24/h4,6-7,12,20-22H,1-3,5,8-11,14-17H2/t20-,21?,22?/m1/s1. The van der Waals surface area contributed by atoms with Crippen molar-refractivity contribution in [3.05, 3.63) is 35.4 Å². The summed E-state index contributed by atoms with van der Waals surface area (Å²) in [6, 6.07) is 10.3. The van der Waals surface area contributed by atoms with Gasteiger partial charge in [-0.05, 0) is 67.8 Å². The van der Waals surface area contributed by atoms with Gasteiger partial charge in [-0.25, -0.2) is 0 Å². The Kier molecular flexibility index (Phi) is 5.89. The van der Waals surface area contributed by atoms with Crippen LogP contribution in [0.5, 0.6) is 0 Å². The minimum atomic E-state index is 0.766. The topological polar surface area (TPSA) is 39.5 Å². The Balaban J connectivity index is 1.09. The van der Waals surface area contributed by atoms with Crippen LogP contribution < -0.4 is 0 Å². The molecule has 0 radical (unpaired) electrons. The van der Waals surface area contributed by atoms with Gasteiger partial charge in [0.05, 0.1) is 18.2 Å². The van der Waals surface area contributed by atoms with E-state index in [0.717, 1.165) is 43.1 Å². The Morgan fingerprint density at radius 3 is 2.65 bits per heavy atom. The second kappa shape index (κ2) is 8.52. The molecule has 2 heterocycles. The molecule has 3 fully saturated rings. The van der Waals surface area contributed by atoms with Crippen molar-refractivity contribution in [3.63, 3.8) is 0 Å². The van der Waals surface area contributed by atoms with E-state index in [1.807, 2.05) is 18.2 Å². The highest BCUT2D eigenvalue weighted by Crippen LogP contribution is 2.51. The van der Waals surface area contributed by atoms with E-state index in [1.165, 1.54) is 64.0 Å². The third kappa shape index (κ3) is 4.46. The Morgan fingerprint density at radius 2 is 1.88 bits per heavy atom. The molecule has 2 saturated heterocycles.